The van der Waals surface area contributed by atoms with E-state index in [4.69, 9.17) is 4.52 Å². The molecule has 6 heteroatoms. The van der Waals surface area contributed by atoms with Crippen LogP contribution in [0.1, 0.15) is 27.4 Å². The Morgan fingerprint density at radius 2 is 2.00 bits per heavy atom. The highest BCUT2D eigenvalue weighted by Crippen LogP contribution is 2.16. The second kappa shape index (κ2) is 6.95. The molecule has 0 spiro atoms. The van der Waals surface area contributed by atoms with Gasteiger partial charge in [-0.15, -0.1) is 0 Å². The number of carbonyl (C=O) groups is 1. The van der Waals surface area contributed by atoms with Crippen LogP contribution in [0.4, 0.5) is 11.5 Å². The SMILES string of the molecule is Cc1cc(Nc2ccnc(C(=O)NCc3ccccc3C)c2)no1. The molecule has 0 bridgehead atoms. The van der Waals surface area contributed by atoms with E-state index in [9.17, 15) is 4.79 Å². The number of carbonyl (C=O) groups excluding carboxylic acids is 1. The number of aromatic nitrogens is 2. The minimum atomic E-state index is -0.224. The third kappa shape index (κ3) is 3.78. The van der Waals surface area contributed by atoms with Crippen LogP contribution in [-0.4, -0.2) is 16.0 Å². The highest BCUT2D eigenvalue weighted by molar-refractivity contribution is 5.93. The van der Waals surface area contributed by atoms with Crippen LogP contribution in [0.25, 0.3) is 0 Å². The first-order valence-electron chi connectivity index (χ1n) is 7.61. The molecular weight excluding hydrogens is 304 g/mol. The van der Waals surface area contributed by atoms with E-state index >= 15 is 0 Å². The number of pyridine rings is 1. The van der Waals surface area contributed by atoms with E-state index < -0.39 is 0 Å². The van der Waals surface area contributed by atoms with Gasteiger partial charge in [0.15, 0.2) is 5.82 Å². The number of benzene rings is 1. The Hall–Kier alpha value is -3.15. The van der Waals surface area contributed by atoms with E-state index in [1.165, 1.54) is 0 Å². The number of aryl methyl sites for hydroxylation is 2. The Labute approximate surface area is 139 Å². The first-order chi connectivity index (χ1) is 11.6. The molecule has 0 radical (unpaired) electrons. The van der Waals surface area contributed by atoms with E-state index in [-0.39, 0.29) is 5.91 Å². The molecule has 1 aromatic carbocycles. The summed E-state index contributed by atoms with van der Waals surface area (Å²) >= 11 is 0. The second-order valence-electron chi connectivity index (χ2n) is 5.49. The molecular formula is C18H18N4O2. The number of hydrogen-bond donors (Lipinski definition) is 2. The van der Waals surface area contributed by atoms with Crippen LogP contribution in [0, 0.1) is 13.8 Å². The van der Waals surface area contributed by atoms with Gasteiger partial charge in [-0.1, -0.05) is 29.4 Å². The van der Waals surface area contributed by atoms with Gasteiger partial charge < -0.3 is 15.2 Å². The van der Waals surface area contributed by atoms with E-state index in [1.54, 1.807) is 24.4 Å². The van der Waals surface area contributed by atoms with Gasteiger partial charge in [-0.05, 0) is 37.1 Å². The van der Waals surface area contributed by atoms with Crippen molar-refractivity contribution in [1.29, 1.82) is 0 Å². The molecule has 0 aliphatic heterocycles. The molecule has 0 aliphatic rings. The number of anilines is 2. The fraction of sp³-hybridized carbons (Fsp3) is 0.167. The molecule has 0 atom stereocenters. The van der Waals surface area contributed by atoms with Crippen molar-refractivity contribution in [3.8, 4) is 0 Å². The molecule has 2 heterocycles. The summed E-state index contributed by atoms with van der Waals surface area (Å²) in [5, 5.41) is 9.83. The van der Waals surface area contributed by atoms with Crippen LogP contribution in [0.15, 0.2) is 53.2 Å². The Morgan fingerprint density at radius 1 is 1.17 bits per heavy atom. The summed E-state index contributed by atoms with van der Waals surface area (Å²) in [6.07, 6.45) is 1.58. The van der Waals surface area contributed by atoms with Crippen LogP contribution in [0.5, 0.6) is 0 Å². The predicted molar refractivity (Wildman–Crippen MR) is 91.1 cm³/mol. The number of rotatable bonds is 5. The summed E-state index contributed by atoms with van der Waals surface area (Å²) < 4.78 is 5.01. The van der Waals surface area contributed by atoms with Gasteiger partial charge in [-0.3, -0.25) is 9.78 Å². The maximum absolute atomic E-state index is 12.3. The van der Waals surface area contributed by atoms with Crippen molar-refractivity contribution >= 4 is 17.4 Å². The fourth-order valence-corrected chi connectivity index (χ4v) is 2.28. The van der Waals surface area contributed by atoms with Crippen LogP contribution < -0.4 is 10.6 Å². The van der Waals surface area contributed by atoms with E-state index in [0.717, 1.165) is 16.8 Å². The molecule has 3 aromatic rings. The zero-order valence-electron chi connectivity index (χ0n) is 13.5. The second-order valence-corrected chi connectivity index (χ2v) is 5.49. The van der Waals surface area contributed by atoms with Gasteiger partial charge in [0.2, 0.25) is 0 Å². The summed E-state index contributed by atoms with van der Waals surface area (Å²) in [5.41, 5.74) is 3.29. The summed E-state index contributed by atoms with van der Waals surface area (Å²) in [7, 11) is 0. The maximum Gasteiger partial charge on any atom is 0.270 e. The fourth-order valence-electron chi connectivity index (χ4n) is 2.28. The number of hydrogen-bond acceptors (Lipinski definition) is 5. The summed E-state index contributed by atoms with van der Waals surface area (Å²) in [6.45, 7) is 4.30. The van der Waals surface area contributed by atoms with Crippen molar-refractivity contribution in [2.45, 2.75) is 20.4 Å². The van der Waals surface area contributed by atoms with Gasteiger partial charge in [0.05, 0.1) is 0 Å². The lowest BCUT2D eigenvalue weighted by Crippen LogP contribution is -2.24. The Kier molecular flexibility index (Phi) is 4.56. The standard InChI is InChI=1S/C18H18N4O2/c1-12-5-3-4-6-14(12)11-20-18(23)16-10-15(7-8-19-16)21-17-9-13(2)24-22-17/h3-10H,11H2,1-2H3,(H,20,23)(H,19,21,22). The molecule has 122 valence electrons. The van der Waals surface area contributed by atoms with Crippen molar-refractivity contribution in [3.63, 3.8) is 0 Å². The molecule has 0 unspecified atom stereocenters. The van der Waals surface area contributed by atoms with Crippen LogP contribution in [-0.2, 0) is 6.54 Å². The molecule has 2 aromatic heterocycles. The van der Waals surface area contributed by atoms with E-state index in [1.807, 2.05) is 38.1 Å². The van der Waals surface area contributed by atoms with E-state index in [0.29, 0.717) is 23.8 Å². The van der Waals surface area contributed by atoms with Gasteiger partial charge in [0, 0.05) is 24.5 Å². The summed E-state index contributed by atoms with van der Waals surface area (Å²) in [5.74, 6) is 1.07. The lowest BCUT2D eigenvalue weighted by Gasteiger charge is -2.08. The van der Waals surface area contributed by atoms with Gasteiger partial charge in [0.1, 0.15) is 11.5 Å². The number of nitrogens with one attached hydrogen (secondary N) is 2. The highest BCUT2D eigenvalue weighted by Gasteiger charge is 2.09. The molecule has 0 saturated heterocycles. The van der Waals surface area contributed by atoms with Gasteiger partial charge in [0.25, 0.3) is 5.91 Å². The van der Waals surface area contributed by atoms with Crippen molar-refractivity contribution < 1.29 is 9.32 Å². The lowest BCUT2D eigenvalue weighted by atomic mass is 10.1. The topological polar surface area (TPSA) is 80.0 Å². The Balaban J connectivity index is 1.67. The maximum atomic E-state index is 12.3. The van der Waals surface area contributed by atoms with Crippen LogP contribution in [0.3, 0.4) is 0 Å². The molecule has 0 fully saturated rings. The molecule has 6 nitrogen and oxygen atoms in total. The lowest BCUT2D eigenvalue weighted by molar-refractivity contribution is 0.0946. The van der Waals surface area contributed by atoms with Crippen molar-refractivity contribution in [3.05, 3.63) is 71.2 Å². The molecule has 0 saturated carbocycles. The van der Waals surface area contributed by atoms with Crippen molar-refractivity contribution in [2.75, 3.05) is 5.32 Å². The molecule has 1 amide bonds. The number of nitrogens with zero attached hydrogens (tertiary/aromatic N) is 2. The monoisotopic (exact) mass is 322 g/mol. The minimum absolute atomic E-state index is 0.224. The quantitative estimate of drug-likeness (QED) is 0.753. The minimum Gasteiger partial charge on any atom is -0.360 e. The largest absolute Gasteiger partial charge is 0.360 e. The van der Waals surface area contributed by atoms with Crippen LogP contribution in [0.2, 0.25) is 0 Å². The van der Waals surface area contributed by atoms with Gasteiger partial charge >= 0.3 is 0 Å². The Morgan fingerprint density at radius 3 is 2.75 bits per heavy atom. The average molecular weight is 322 g/mol. The van der Waals surface area contributed by atoms with Crippen molar-refractivity contribution in [2.24, 2.45) is 0 Å². The summed E-state index contributed by atoms with van der Waals surface area (Å²) in [6, 6.07) is 13.2. The molecule has 0 aliphatic carbocycles. The third-order valence-electron chi connectivity index (χ3n) is 3.59. The molecule has 2 N–H and O–H groups in total. The predicted octanol–water partition coefficient (Wildman–Crippen LogP) is 3.36. The highest BCUT2D eigenvalue weighted by atomic mass is 16.5. The zero-order chi connectivity index (χ0) is 16.9. The van der Waals surface area contributed by atoms with Crippen molar-refractivity contribution in [1.82, 2.24) is 15.5 Å². The van der Waals surface area contributed by atoms with Gasteiger partial charge in [-0.2, -0.15) is 0 Å². The molecule has 3 rings (SSSR count). The van der Waals surface area contributed by atoms with Gasteiger partial charge in [-0.25, -0.2) is 0 Å². The number of amides is 1. The first-order valence-corrected chi connectivity index (χ1v) is 7.61. The zero-order valence-corrected chi connectivity index (χ0v) is 13.5. The van der Waals surface area contributed by atoms with E-state index in [2.05, 4.69) is 20.8 Å². The third-order valence-corrected chi connectivity index (χ3v) is 3.59. The summed E-state index contributed by atoms with van der Waals surface area (Å²) in [4.78, 5) is 16.4. The molecule has 24 heavy (non-hydrogen) atoms. The normalized spacial score (nSPS) is 10.4. The Bertz CT molecular complexity index is 857. The van der Waals surface area contributed by atoms with Crippen LogP contribution >= 0.6 is 0 Å². The average Bonchev–Trinajstić information content (AvgIpc) is 2.99. The smallest absolute Gasteiger partial charge is 0.270 e. The first kappa shape index (κ1) is 15.7.